The number of ketones is 1. The number of ether oxygens (including phenoxy) is 2. The van der Waals surface area contributed by atoms with Crippen LogP contribution in [-0.2, 0) is 14.3 Å². The van der Waals surface area contributed by atoms with Gasteiger partial charge in [-0.25, -0.2) is 0 Å². The lowest BCUT2D eigenvalue weighted by atomic mass is 10.1. The first-order valence-corrected chi connectivity index (χ1v) is 9.12. The van der Waals surface area contributed by atoms with Gasteiger partial charge in [0.2, 0.25) is 0 Å². The predicted molar refractivity (Wildman–Crippen MR) is 106 cm³/mol. The van der Waals surface area contributed by atoms with E-state index in [9.17, 15) is 4.79 Å². The number of hydrogen-bond donors (Lipinski definition) is 1. The Balaban J connectivity index is -0.000000354. The fourth-order valence-electron chi connectivity index (χ4n) is 1.54. The largest absolute Gasteiger partial charge is 0.379 e. The van der Waals surface area contributed by atoms with Crippen LogP contribution in [0.5, 0.6) is 0 Å². The summed E-state index contributed by atoms with van der Waals surface area (Å²) in [5.74, 6) is 1.26. The minimum absolute atomic E-state index is 0. The first-order valence-electron chi connectivity index (χ1n) is 9.12. The molecule has 0 atom stereocenters. The van der Waals surface area contributed by atoms with Gasteiger partial charge in [-0.15, -0.1) is 0 Å². The van der Waals surface area contributed by atoms with Crippen molar-refractivity contribution in [2.24, 2.45) is 11.8 Å². The van der Waals surface area contributed by atoms with E-state index in [1.165, 1.54) is 0 Å². The summed E-state index contributed by atoms with van der Waals surface area (Å²) in [5.41, 5.74) is 0. The van der Waals surface area contributed by atoms with Crippen LogP contribution in [0.1, 0.15) is 75.7 Å². The highest BCUT2D eigenvalue weighted by Crippen LogP contribution is 1.99. The normalized spacial score (nSPS) is 10.8. The van der Waals surface area contributed by atoms with Crippen molar-refractivity contribution in [3.05, 3.63) is 0 Å². The van der Waals surface area contributed by atoms with Gasteiger partial charge in [0.1, 0.15) is 5.78 Å². The van der Waals surface area contributed by atoms with E-state index >= 15 is 0 Å². The molecule has 0 unspecified atom stereocenters. The Bertz CT molecular complexity index is 252. The van der Waals surface area contributed by atoms with Crippen molar-refractivity contribution in [3.8, 4) is 0 Å². The maximum atomic E-state index is 11.1. The Morgan fingerprint density at radius 3 is 1.92 bits per heavy atom. The number of nitrogens with one attached hydrogen (secondary N) is 1. The molecule has 0 amide bonds. The zero-order chi connectivity index (χ0) is 18.3. The average molecular weight is 348 g/mol. The molecule has 0 heterocycles. The summed E-state index contributed by atoms with van der Waals surface area (Å²) < 4.78 is 10.7. The van der Waals surface area contributed by atoms with Crippen molar-refractivity contribution in [1.82, 2.24) is 5.32 Å². The zero-order valence-corrected chi connectivity index (χ0v) is 16.8. The molecule has 0 aliphatic heterocycles. The third-order valence-corrected chi connectivity index (χ3v) is 3.09. The summed E-state index contributed by atoms with van der Waals surface area (Å²) in [6, 6.07) is 0.481. The lowest BCUT2D eigenvalue weighted by Gasteiger charge is -2.08. The average Bonchev–Trinajstić information content (AvgIpc) is 2.42. The SMILES string of the molecule is C.CC(C)CCOCCOC(C)C.CC(C)NCCC(=O)C(C)C. The minimum Gasteiger partial charge on any atom is -0.379 e. The quantitative estimate of drug-likeness (QED) is 0.519. The molecular weight excluding hydrogens is 302 g/mol. The smallest absolute Gasteiger partial charge is 0.136 e. The van der Waals surface area contributed by atoms with E-state index in [-0.39, 0.29) is 13.3 Å². The molecule has 1 N–H and O–H groups in total. The number of hydrogen-bond acceptors (Lipinski definition) is 4. The molecule has 4 heteroatoms. The molecule has 0 spiro atoms. The Hall–Kier alpha value is -0.450. The highest BCUT2D eigenvalue weighted by Gasteiger charge is 2.05. The van der Waals surface area contributed by atoms with Crippen molar-refractivity contribution in [2.75, 3.05) is 26.4 Å². The second kappa shape index (κ2) is 18.9. The van der Waals surface area contributed by atoms with Crippen molar-refractivity contribution in [3.63, 3.8) is 0 Å². The summed E-state index contributed by atoms with van der Waals surface area (Å²) in [5, 5.41) is 3.21. The summed E-state index contributed by atoms with van der Waals surface area (Å²) in [4.78, 5) is 11.1. The topological polar surface area (TPSA) is 47.6 Å². The zero-order valence-electron chi connectivity index (χ0n) is 16.8. The van der Waals surface area contributed by atoms with Gasteiger partial charge in [-0.1, -0.05) is 49.0 Å². The summed E-state index contributed by atoms with van der Waals surface area (Å²) in [6.07, 6.45) is 2.12. The Kier molecular flexibility index (Phi) is 22.3. The standard InChI is InChI=1S/C10H22O2.C9H19NO.CH4/c1-9(2)5-6-11-7-8-12-10(3)4;1-7(2)9(11)5-6-10-8(3)4;/h9-10H,5-8H2,1-4H3;7-8,10H,5-6H2,1-4H3;1H4. The highest BCUT2D eigenvalue weighted by atomic mass is 16.5. The van der Waals surface area contributed by atoms with E-state index in [1.807, 2.05) is 27.7 Å². The molecular formula is C20H45NO3. The molecule has 0 rings (SSSR count). The van der Waals surface area contributed by atoms with Crippen LogP contribution >= 0.6 is 0 Å². The van der Waals surface area contributed by atoms with Crippen LogP contribution in [0.2, 0.25) is 0 Å². The molecule has 0 aromatic carbocycles. The van der Waals surface area contributed by atoms with Crippen LogP contribution in [0.3, 0.4) is 0 Å². The monoisotopic (exact) mass is 347 g/mol. The second-order valence-corrected chi connectivity index (χ2v) is 7.19. The van der Waals surface area contributed by atoms with E-state index < -0.39 is 0 Å². The van der Waals surface area contributed by atoms with Gasteiger partial charge in [-0.3, -0.25) is 4.79 Å². The molecule has 0 saturated heterocycles. The van der Waals surface area contributed by atoms with Gasteiger partial charge in [0.15, 0.2) is 0 Å². The Morgan fingerprint density at radius 2 is 1.50 bits per heavy atom. The van der Waals surface area contributed by atoms with Crippen molar-refractivity contribution in [2.45, 2.75) is 87.8 Å². The molecule has 0 aromatic rings. The lowest BCUT2D eigenvalue weighted by Crippen LogP contribution is -2.26. The molecule has 0 aromatic heterocycles. The van der Waals surface area contributed by atoms with Gasteiger partial charge in [0, 0.05) is 31.5 Å². The lowest BCUT2D eigenvalue weighted by molar-refractivity contribution is -0.121. The Labute approximate surface area is 152 Å². The van der Waals surface area contributed by atoms with Crippen molar-refractivity contribution >= 4 is 5.78 Å². The first kappa shape index (κ1) is 28.4. The Morgan fingerprint density at radius 1 is 0.917 bits per heavy atom. The summed E-state index contributed by atoms with van der Waals surface area (Å²) >= 11 is 0. The molecule has 4 nitrogen and oxygen atoms in total. The number of carbonyl (C=O) groups excluding carboxylic acids is 1. The summed E-state index contributed by atoms with van der Waals surface area (Å²) in [6.45, 7) is 19.6. The van der Waals surface area contributed by atoms with Gasteiger partial charge < -0.3 is 14.8 Å². The number of Topliss-reactive ketones (excluding diaryl/α,β-unsaturated/α-hetero) is 1. The van der Waals surface area contributed by atoms with Crippen molar-refractivity contribution in [1.29, 1.82) is 0 Å². The van der Waals surface area contributed by atoms with E-state index in [0.29, 0.717) is 24.3 Å². The summed E-state index contributed by atoms with van der Waals surface area (Å²) in [7, 11) is 0. The third kappa shape index (κ3) is 26.4. The van der Waals surface area contributed by atoms with Gasteiger partial charge in [0.05, 0.1) is 19.3 Å². The fourth-order valence-corrected chi connectivity index (χ4v) is 1.54. The van der Waals surface area contributed by atoms with Crippen molar-refractivity contribution < 1.29 is 14.3 Å². The van der Waals surface area contributed by atoms with Crippen LogP contribution in [0, 0.1) is 11.8 Å². The maximum Gasteiger partial charge on any atom is 0.136 e. The van der Waals surface area contributed by atoms with Crippen LogP contribution in [-0.4, -0.2) is 44.3 Å². The minimum atomic E-state index is 0. The molecule has 24 heavy (non-hydrogen) atoms. The number of rotatable bonds is 12. The van der Waals surface area contributed by atoms with E-state index in [4.69, 9.17) is 9.47 Å². The van der Waals surface area contributed by atoms with E-state index in [0.717, 1.165) is 38.7 Å². The van der Waals surface area contributed by atoms with E-state index in [1.54, 1.807) is 0 Å². The van der Waals surface area contributed by atoms with Gasteiger partial charge in [-0.05, 0) is 26.2 Å². The first-order chi connectivity index (χ1) is 10.7. The third-order valence-electron chi connectivity index (χ3n) is 3.09. The fraction of sp³-hybridized carbons (Fsp3) is 0.950. The van der Waals surface area contributed by atoms with Crippen LogP contribution in [0.25, 0.3) is 0 Å². The van der Waals surface area contributed by atoms with E-state index in [2.05, 4.69) is 33.0 Å². The van der Waals surface area contributed by atoms with Gasteiger partial charge in [-0.2, -0.15) is 0 Å². The highest BCUT2D eigenvalue weighted by molar-refractivity contribution is 5.80. The molecule has 0 aliphatic carbocycles. The number of carbonyl (C=O) groups is 1. The van der Waals surface area contributed by atoms with Gasteiger partial charge >= 0.3 is 0 Å². The molecule has 0 fully saturated rings. The molecule has 0 saturated carbocycles. The molecule has 0 radical (unpaired) electrons. The molecule has 148 valence electrons. The second-order valence-electron chi connectivity index (χ2n) is 7.19. The van der Waals surface area contributed by atoms with Crippen LogP contribution in [0.4, 0.5) is 0 Å². The van der Waals surface area contributed by atoms with Crippen LogP contribution < -0.4 is 5.32 Å². The predicted octanol–water partition coefficient (Wildman–Crippen LogP) is 4.71. The van der Waals surface area contributed by atoms with Crippen LogP contribution in [0.15, 0.2) is 0 Å². The van der Waals surface area contributed by atoms with Gasteiger partial charge in [0.25, 0.3) is 0 Å². The molecule has 0 aliphatic rings. The molecule has 0 bridgehead atoms. The maximum absolute atomic E-state index is 11.1.